The van der Waals surface area contributed by atoms with Crippen LogP contribution in [0.1, 0.15) is 11.6 Å². The van der Waals surface area contributed by atoms with E-state index in [9.17, 15) is 18.4 Å². The summed E-state index contributed by atoms with van der Waals surface area (Å²) in [5.41, 5.74) is 1.12. The predicted octanol–water partition coefficient (Wildman–Crippen LogP) is 4.02. The number of halogens is 2. The van der Waals surface area contributed by atoms with Gasteiger partial charge in [-0.25, -0.2) is 18.7 Å². The standard InChI is InChI=1S/C23H16F2N2O3/c24-14-10-12-15(13-11-14)26-22(28)19-20(17-8-4-5-9-18(17)25)27(30-21(19)23(26)29)16-6-2-1-3-7-16/h1-13,19-21H. The number of carbonyl (C=O) groups is 2. The van der Waals surface area contributed by atoms with Crippen molar-refractivity contribution >= 4 is 23.2 Å². The Hall–Kier alpha value is -3.58. The average molecular weight is 406 g/mol. The monoisotopic (exact) mass is 406 g/mol. The Morgan fingerprint density at radius 2 is 1.40 bits per heavy atom. The summed E-state index contributed by atoms with van der Waals surface area (Å²) in [5.74, 6) is -2.98. The number of rotatable bonds is 3. The Morgan fingerprint density at radius 3 is 2.10 bits per heavy atom. The lowest BCUT2D eigenvalue weighted by atomic mass is 9.90. The summed E-state index contributed by atoms with van der Waals surface area (Å²) in [6.45, 7) is 0. The Morgan fingerprint density at radius 1 is 0.733 bits per heavy atom. The van der Waals surface area contributed by atoms with Crippen LogP contribution < -0.4 is 9.96 Å². The number of anilines is 2. The zero-order valence-electron chi connectivity index (χ0n) is 15.6. The van der Waals surface area contributed by atoms with Gasteiger partial charge < -0.3 is 0 Å². The minimum absolute atomic E-state index is 0.253. The van der Waals surface area contributed by atoms with Gasteiger partial charge >= 0.3 is 0 Å². The molecule has 2 aliphatic rings. The van der Waals surface area contributed by atoms with E-state index in [0.29, 0.717) is 5.69 Å². The van der Waals surface area contributed by atoms with E-state index >= 15 is 0 Å². The third kappa shape index (κ3) is 2.78. The van der Waals surface area contributed by atoms with Crippen LogP contribution in [0.2, 0.25) is 0 Å². The number of hydroxylamine groups is 1. The van der Waals surface area contributed by atoms with Gasteiger partial charge in [0.2, 0.25) is 5.91 Å². The maximum atomic E-state index is 14.7. The summed E-state index contributed by atoms with van der Waals surface area (Å²) in [6, 6.07) is 19.3. The molecule has 150 valence electrons. The van der Waals surface area contributed by atoms with Gasteiger partial charge in [0.1, 0.15) is 17.6 Å². The number of imide groups is 1. The van der Waals surface area contributed by atoms with Gasteiger partial charge in [-0.05, 0) is 42.5 Å². The molecule has 2 fully saturated rings. The zero-order valence-corrected chi connectivity index (χ0v) is 15.6. The van der Waals surface area contributed by atoms with Crippen LogP contribution >= 0.6 is 0 Å². The van der Waals surface area contributed by atoms with Gasteiger partial charge in [-0.15, -0.1) is 0 Å². The third-order valence-electron chi connectivity index (χ3n) is 5.43. The van der Waals surface area contributed by atoms with Crippen molar-refractivity contribution in [2.45, 2.75) is 12.1 Å². The van der Waals surface area contributed by atoms with Crippen molar-refractivity contribution in [2.75, 3.05) is 9.96 Å². The highest BCUT2D eigenvalue weighted by molar-refractivity contribution is 6.23. The molecule has 3 aromatic rings. The SMILES string of the molecule is O=C1C2ON(c3ccccc3)C(c3ccccc3F)C2C(=O)N1c1ccc(F)cc1. The number of carbonyl (C=O) groups excluding carboxylic acids is 2. The molecule has 0 spiro atoms. The first-order valence-corrected chi connectivity index (χ1v) is 9.45. The molecular formula is C23H16F2N2O3. The summed E-state index contributed by atoms with van der Waals surface area (Å²) in [5, 5.41) is 1.44. The summed E-state index contributed by atoms with van der Waals surface area (Å²) < 4.78 is 28.0. The molecule has 30 heavy (non-hydrogen) atoms. The van der Waals surface area contributed by atoms with Crippen molar-refractivity contribution in [2.24, 2.45) is 5.92 Å². The summed E-state index contributed by atoms with van der Waals surface area (Å²) >= 11 is 0. The van der Waals surface area contributed by atoms with E-state index in [2.05, 4.69) is 0 Å². The number of para-hydroxylation sites is 1. The Bertz CT molecular complexity index is 1120. The van der Waals surface area contributed by atoms with Crippen LogP contribution in [0.3, 0.4) is 0 Å². The highest BCUT2D eigenvalue weighted by Crippen LogP contribution is 2.48. The molecule has 5 rings (SSSR count). The first-order chi connectivity index (χ1) is 14.6. The molecule has 2 amide bonds. The Kier molecular flexibility index (Phi) is 4.33. The topological polar surface area (TPSA) is 49.9 Å². The number of nitrogens with zero attached hydrogens (tertiary/aromatic N) is 2. The van der Waals surface area contributed by atoms with Crippen LogP contribution in [0.4, 0.5) is 20.2 Å². The fraction of sp³-hybridized carbons (Fsp3) is 0.130. The first-order valence-electron chi connectivity index (χ1n) is 9.45. The molecule has 0 bridgehead atoms. The second-order valence-corrected chi connectivity index (χ2v) is 7.17. The average Bonchev–Trinajstić information content (AvgIpc) is 3.26. The quantitative estimate of drug-likeness (QED) is 0.617. The van der Waals surface area contributed by atoms with Crippen LogP contribution in [0.5, 0.6) is 0 Å². The normalized spacial score (nSPS) is 23.2. The van der Waals surface area contributed by atoms with Crippen molar-refractivity contribution in [3.63, 3.8) is 0 Å². The number of hydrogen-bond donors (Lipinski definition) is 0. The van der Waals surface area contributed by atoms with Crippen LogP contribution in [-0.4, -0.2) is 17.9 Å². The molecule has 5 nitrogen and oxygen atoms in total. The summed E-state index contributed by atoms with van der Waals surface area (Å²) in [6.07, 6.45) is -1.10. The minimum atomic E-state index is -1.10. The zero-order chi connectivity index (χ0) is 20.8. The molecule has 0 aliphatic carbocycles. The van der Waals surface area contributed by atoms with Gasteiger partial charge in [-0.3, -0.25) is 14.4 Å². The molecule has 3 unspecified atom stereocenters. The summed E-state index contributed by atoms with van der Waals surface area (Å²) in [4.78, 5) is 33.3. The lowest BCUT2D eigenvalue weighted by molar-refractivity contribution is -0.126. The Balaban J connectivity index is 1.60. The highest BCUT2D eigenvalue weighted by Gasteiger charge is 2.60. The van der Waals surface area contributed by atoms with E-state index in [1.54, 1.807) is 42.5 Å². The fourth-order valence-corrected chi connectivity index (χ4v) is 4.09. The molecule has 3 atom stereocenters. The second kappa shape index (κ2) is 7.03. The third-order valence-corrected chi connectivity index (χ3v) is 5.43. The maximum absolute atomic E-state index is 14.7. The van der Waals surface area contributed by atoms with Crippen molar-refractivity contribution in [3.8, 4) is 0 Å². The number of fused-ring (bicyclic) bond motifs is 1. The van der Waals surface area contributed by atoms with Crippen LogP contribution in [0.15, 0.2) is 78.9 Å². The smallest absolute Gasteiger partial charge is 0.266 e. The molecule has 0 radical (unpaired) electrons. The molecule has 3 aromatic carbocycles. The van der Waals surface area contributed by atoms with Gasteiger partial charge in [0.05, 0.1) is 17.4 Å². The van der Waals surface area contributed by atoms with E-state index in [-0.39, 0.29) is 11.3 Å². The number of benzene rings is 3. The van der Waals surface area contributed by atoms with Gasteiger partial charge in [0.25, 0.3) is 5.91 Å². The summed E-state index contributed by atoms with van der Waals surface area (Å²) in [7, 11) is 0. The van der Waals surface area contributed by atoms with Gasteiger partial charge in [-0.1, -0.05) is 36.4 Å². The molecule has 0 aromatic heterocycles. The van der Waals surface area contributed by atoms with Crippen LogP contribution in [0.25, 0.3) is 0 Å². The largest absolute Gasteiger partial charge is 0.273 e. The van der Waals surface area contributed by atoms with E-state index in [1.165, 1.54) is 35.4 Å². The van der Waals surface area contributed by atoms with E-state index in [1.807, 2.05) is 6.07 Å². The van der Waals surface area contributed by atoms with Gasteiger partial charge in [0.15, 0.2) is 6.10 Å². The molecular weight excluding hydrogens is 390 g/mol. The lowest BCUT2D eigenvalue weighted by Gasteiger charge is -2.29. The van der Waals surface area contributed by atoms with E-state index in [4.69, 9.17) is 4.84 Å². The van der Waals surface area contributed by atoms with Crippen LogP contribution in [-0.2, 0) is 14.4 Å². The van der Waals surface area contributed by atoms with E-state index < -0.39 is 41.5 Å². The minimum Gasteiger partial charge on any atom is -0.273 e. The first kappa shape index (κ1) is 18.4. The molecule has 2 saturated heterocycles. The van der Waals surface area contributed by atoms with Gasteiger partial charge in [0, 0.05) is 5.56 Å². The number of amides is 2. The van der Waals surface area contributed by atoms with E-state index in [0.717, 1.165) is 4.90 Å². The number of hydrogen-bond acceptors (Lipinski definition) is 4. The highest BCUT2D eigenvalue weighted by atomic mass is 19.1. The molecule has 2 aliphatic heterocycles. The molecule has 0 saturated carbocycles. The van der Waals surface area contributed by atoms with Crippen molar-refractivity contribution in [1.29, 1.82) is 0 Å². The maximum Gasteiger partial charge on any atom is 0.266 e. The van der Waals surface area contributed by atoms with Crippen molar-refractivity contribution < 1.29 is 23.2 Å². The molecule has 2 heterocycles. The van der Waals surface area contributed by atoms with Crippen molar-refractivity contribution in [3.05, 3.63) is 96.1 Å². The Labute approximate surface area is 171 Å². The van der Waals surface area contributed by atoms with Crippen molar-refractivity contribution in [1.82, 2.24) is 0 Å². The van der Waals surface area contributed by atoms with Crippen LogP contribution in [0, 0.1) is 17.6 Å². The molecule has 0 N–H and O–H groups in total. The predicted molar refractivity (Wildman–Crippen MR) is 105 cm³/mol. The lowest BCUT2D eigenvalue weighted by Crippen LogP contribution is -2.37. The fourth-order valence-electron chi connectivity index (χ4n) is 4.09. The van der Waals surface area contributed by atoms with Gasteiger partial charge in [-0.2, -0.15) is 0 Å². The molecule has 7 heteroatoms. The second-order valence-electron chi connectivity index (χ2n) is 7.17.